The number of ether oxygens (including phenoxy) is 1. The Morgan fingerprint density at radius 1 is 1.00 bits per heavy atom. The normalized spacial score (nSPS) is 10.6. The molecule has 0 unspecified atom stereocenters. The quantitative estimate of drug-likeness (QED) is 0.391. The molecule has 0 aliphatic carbocycles. The minimum absolute atomic E-state index is 0.0549. The number of rotatable bonds is 6. The molecule has 0 saturated heterocycles. The molecule has 0 aliphatic rings. The molecule has 0 aliphatic heterocycles. The molecule has 4 aromatic rings. The predicted octanol–water partition coefficient (Wildman–Crippen LogP) is 4.19. The number of aromatic nitrogens is 2. The summed E-state index contributed by atoms with van der Waals surface area (Å²) in [5.41, 5.74) is 6.53. The van der Waals surface area contributed by atoms with E-state index in [1.165, 1.54) is 12.3 Å². The zero-order valence-electron chi connectivity index (χ0n) is 17.0. The minimum atomic E-state index is -0.581. The standard InChI is InChI=1S/C23H19BrN4O4/c1-15-20(13-25-28(15)17-9-7-16(24)8-10-17)22(29)26-27-23(30)21-12-11-19(32-21)14-31-18-5-3-2-4-6-18/h2-13H,14H2,1H3,(H,26,29)(H,27,30). The Bertz CT molecular complexity index is 1230. The Labute approximate surface area is 192 Å². The van der Waals surface area contributed by atoms with Crippen LogP contribution in [0.5, 0.6) is 5.75 Å². The second-order valence-corrected chi connectivity index (χ2v) is 7.72. The molecule has 0 spiro atoms. The first-order chi connectivity index (χ1) is 15.5. The van der Waals surface area contributed by atoms with E-state index in [1.807, 2.05) is 54.6 Å². The number of nitrogens with zero attached hydrogens (tertiary/aromatic N) is 2. The van der Waals surface area contributed by atoms with Gasteiger partial charge in [-0.1, -0.05) is 34.1 Å². The van der Waals surface area contributed by atoms with E-state index < -0.39 is 11.8 Å². The second kappa shape index (κ2) is 9.52. The topological polar surface area (TPSA) is 98.4 Å². The lowest BCUT2D eigenvalue weighted by atomic mass is 10.2. The van der Waals surface area contributed by atoms with Gasteiger partial charge in [-0.3, -0.25) is 20.4 Å². The van der Waals surface area contributed by atoms with Gasteiger partial charge in [0.25, 0.3) is 5.91 Å². The first-order valence-corrected chi connectivity index (χ1v) is 10.5. The number of amides is 2. The van der Waals surface area contributed by atoms with Crippen molar-refractivity contribution in [2.45, 2.75) is 13.5 Å². The monoisotopic (exact) mass is 494 g/mol. The Kier molecular flexibility index (Phi) is 6.37. The van der Waals surface area contributed by atoms with Gasteiger partial charge in [0.1, 0.15) is 18.1 Å². The average molecular weight is 495 g/mol. The maximum absolute atomic E-state index is 12.5. The van der Waals surface area contributed by atoms with Crippen molar-refractivity contribution in [2.75, 3.05) is 0 Å². The van der Waals surface area contributed by atoms with Crippen LogP contribution >= 0.6 is 15.9 Å². The van der Waals surface area contributed by atoms with E-state index in [2.05, 4.69) is 31.9 Å². The third kappa shape index (κ3) is 4.89. The van der Waals surface area contributed by atoms with E-state index in [0.29, 0.717) is 22.8 Å². The van der Waals surface area contributed by atoms with Crippen LogP contribution in [0, 0.1) is 6.92 Å². The van der Waals surface area contributed by atoms with E-state index in [0.717, 1.165) is 10.2 Å². The second-order valence-electron chi connectivity index (χ2n) is 6.81. The third-order valence-corrected chi connectivity index (χ3v) is 5.15. The van der Waals surface area contributed by atoms with Crippen LogP contribution in [0.15, 0.2) is 81.8 Å². The Morgan fingerprint density at radius 3 is 2.47 bits per heavy atom. The highest BCUT2D eigenvalue weighted by Gasteiger charge is 2.17. The van der Waals surface area contributed by atoms with Gasteiger partial charge in [-0.05, 0) is 55.5 Å². The van der Waals surface area contributed by atoms with Gasteiger partial charge in [-0.15, -0.1) is 0 Å². The number of halogens is 1. The molecule has 32 heavy (non-hydrogen) atoms. The summed E-state index contributed by atoms with van der Waals surface area (Å²) in [6.45, 7) is 1.95. The largest absolute Gasteiger partial charge is 0.486 e. The fourth-order valence-corrected chi connectivity index (χ4v) is 3.23. The lowest BCUT2D eigenvalue weighted by molar-refractivity contribution is 0.0828. The highest BCUT2D eigenvalue weighted by Crippen LogP contribution is 2.17. The molecule has 162 valence electrons. The van der Waals surface area contributed by atoms with Crippen LogP contribution in [0.2, 0.25) is 0 Å². The summed E-state index contributed by atoms with van der Waals surface area (Å²) in [5, 5.41) is 4.27. The summed E-state index contributed by atoms with van der Waals surface area (Å²) in [6.07, 6.45) is 1.45. The van der Waals surface area contributed by atoms with Crippen LogP contribution in [0.1, 0.15) is 32.4 Å². The summed E-state index contributed by atoms with van der Waals surface area (Å²) in [5.74, 6) is 0.165. The highest BCUT2D eigenvalue weighted by atomic mass is 79.9. The van der Waals surface area contributed by atoms with E-state index >= 15 is 0 Å². The van der Waals surface area contributed by atoms with Gasteiger partial charge in [0.05, 0.1) is 23.1 Å². The van der Waals surface area contributed by atoms with Gasteiger partial charge in [-0.2, -0.15) is 5.10 Å². The molecule has 8 nitrogen and oxygen atoms in total. The predicted molar refractivity (Wildman–Crippen MR) is 120 cm³/mol. The number of nitrogens with one attached hydrogen (secondary N) is 2. The Balaban J connectivity index is 1.34. The van der Waals surface area contributed by atoms with Crippen LogP contribution in [0.4, 0.5) is 0 Å². The molecule has 0 fully saturated rings. The molecule has 2 aromatic heterocycles. The molecule has 0 atom stereocenters. The summed E-state index contributed by atoms with van der Waals surface area (Å²) < 4.78 is 13.7. The molecular formula is C23H19BrN4O4. The van der Waals surface area contributed by atoms with Gasteiger partial charge in [0.15, 0.2) is 5.76 Å². The van der Waals surface area contributed by atoms with Gasteiger partial charge in [0, 0.05) is 4.47 Å². The van der Waals surface area contributed by atoms with Crippen molar-refractivity contribution >= 4 is 27.7 Å². The van der Waals surface area contributed by atoms with Gasteiger partial charge < -0.3 is 9.15 Å². The smallest absolute Gasteiger partial charge is 0.305 e. The van der Waals surface area contributed by atoms with Crippen molar-refractivity contribution < 1.29 is 18.7 Å². The number of carbonyl (C=O) groups is 2. The maximum Gasteiger partial charge on any atom is 0.305 e. The van der Waals surface area contributed by atoms with Crippen molar-refractivity contribution in [1.29, 1.82) is 0 Å². The lowest BCUT2D eigenvalue weighted by Gasteiger charge is -2.07. The molecule has 2 aromatic carbocycles. The summed E-state index contributed by atoms with van der Waals surface area (Å²) in [6, 6.07) is 20.0. The van der Waals surface area contributed by atoms with Crippen LogP contribution in [-0.2, 0) is 6.61 Å². The van der Waals surface area contributed by atoms with Crippen LogP contribution in [0.25, 0.3) is 5.69 Å². The van der Waals surface area contributed by atoms with Crippen LogP contribution in [-0.4, -0.2) is 21.6 Å². The fourth-order valence-electron chi connectivity index (χ4n) is 2.97. The number of hydrogen-bond acceptors (Lipinski definition) is 5. The number of para-hydroxylation sites is 1. The van der Waals surface area contributed by atoms with E-state index in [9.17, 15) is 9.59 Å². The molecule has 2 heterocycles. The molecule has 2 amide bonds. The SMILES string of the molecule is Cc1c(C(=O)NNC(=O)c2ccc(COc3ccccc3)o2)cnn1-c1ccc(Br)cc1. The number of hydrazine groups is 1. The zero-order chi connectivity index (χ0) is 22.5. The molecule has 0 saturated carbocycles. The molecule has 2 N–H and O–H groups in total. The third-order valence-electron chi connectivity index (χ3n) is 4.62. The highest BCUT2D eigenvalue weighted by molar-refractivity contribution is 9.10. The van der Waals surface area contributed by atoms with Crippen LogP contribution in [0.3, 0.4) is 0 Å². The average Bonchev–Trinajstić information content (AvgIpc) is 3.44. The van der Waals surface area contributed by atoms with Gasteiger partial charge >= 0.3 is 5.91 Å². The molecule has 4 rings (SSSR count). The molecule has 0 radical (unpaired) electrons. The van der Waals surface area contributed by atoms with Crippen molar-refractivity contribution in [2.24, 2.45) is 0 Å². The lowest BCUT2D eigenvalue weighted by Crippen LogP contribution is -2.41. The van der Waals surface area contributed by atoms with E-state index in [-0.39, 0.29) is 12.4 Å². The van der Waals surface area contributed by atoms with E-state index in [1.54, 1.807) is 17.7 Å². The van der Waals surface area contributed by atoms with Crippen LogP contribution < -0.4 is 15.6 Å². The first-order valence-electron chi connectivity index (χ1n) is 9.69. The Hall–Kier alpha value is -3.85. The Morgan fingerprint density at radius 2 is 1.72 bits per heavy atom. The van der Waals surface area contributed by atoms with E-state index in [4.69, 9.17) is 9.15 Å². The maximum atomic E-state index is 12.5. The first kappa shape index (κ1) is 21.4. The van der Waals surface area contributed by atoms with Crippen molar-refractivity contribution in [3.05, 3.63) is 100 Å². The number of hydrogen-bond donors (Lipinski definition) is 2. The van der Waals surface area contributed by atoms with Gasteiger partial charge in [-0.25, -0.2) is 4.68 Å². The fraction of sp³-hybridized carbons (Fsp3) is 0.0870. The van der Waals surface area contributed by atoms with Crippen molar-refractivity contribution in [3.63, 3.8) is 0 Å². The zero-order valence-corrected chi connectivity index (χ0v) is 18.6. The van der Waals surface area contributed by atoms with Crippen molar-refractivity contribution in [1.82, 2.24) is 20.6 Å². The summed E-state index contributed by atoms with van der Waals surface area (Å²) in [4.78, 5) is 24.9. The summed E-state index contributed by atoms with van der Waals surface area (Å²) >= 11 is 3.39. The van der Waals surface area contributed by atoms with Gasteiger partial charge in [0.2, 0.25) is 0 Å². The minimum Gasteiger partial charge on any atom is -0.486 e. The number of carbonyl (C=O) groups excluding carboxylic acids is 2. The van der Waals surface area contributed by atoms with Crippen molar-refractivity contribution in [3.8, 4) is 11.4 Å². The number of benzene rings is 2. The molecular weight excluding hydrogens is 476 g/mol. The molecule has 9 heteroatoms. The molecule has 0 bridgehead atoms. The number of furan rings is 1. The summed E-state index contributed by atoms with van der Waals surface area (Å²) in [7, 11) is 0.